The maximum atomic E-state index is 12.5. The van der Waals surface area contributed by atoms with E-state index >= 15 is 0 Å². The highest BCUT2D eigenvalue weighted by atomic mass is 16.2. The molecule has 0 aliphatic carbocycles. The van der Waals surface area contributed by atoms with Gasteiger partial charge in [0.25, 0.3) is 0 Å². The summed E-state index contributed by atoms with van der Waals surface area (Å²) in [5.41, 5.74) is 13.1. The SMILES string of the molecule is CCCC(C)(N)C(=O)Nc1cccc(N(CC(N)=O)Cc2ccccc2)c1. The number of amides is 2. The van der Waals surface area contributed by atoms with Crippen LogP contribution in [0, 0.1) is 0 Å². The minimum Gasteiger partial charge on any atom is -0.368 e. The second kappa shape index (κ2) is 9.19. The zero-order chi connectivity index (χ0) is 19.9. The minimum atomic E-state index is -0.929. The number of carbonyl (C=O) groups is 2. The van der Waals surface area contributed by atoms with E-state index in [1.54, 1.807) is 13.0 Å². The number of hydrogen-bond donors (Lipinski definition) is 3. The molecule has 0 aromatic heterocycles. The van der Waals surface area contributed by atoms with Gasteiger partial charge in [-0.25, -0.2) is 0 Å². The van der Waals surface area contributed by atoms with E-state index in [0.29, 0.717) is 18.7 Å². The highest BCUT2D eigenvalue weighted by Crippen LogP contribution is 2.22. The number of nitrogens with zero attached hydrogens (tertiary/aromatic N) is 1. The summed E-state index contributed by atoms with van der Waals surface area (Å²) < 4.78 is 0. The molecule has 2 aromatic rings. The molecule has 0 radical (unpaired) electrons. The van der Waals surface area contributed by atoms with Crippen LogP contribution in [-0.2, 0) is 16.1 Å². The molecule has 2 aromatic carbocycles. The lowest BCUT2D eigenvalue weighted by Crippen LogP contribution is -2.48. The van der Waals surface area contributed by atoms with Crippen LogP contribution < -0.4 is 21.7 Å². The number of hydrogen-bond acceptors (Lipinski definition) is 4. The fraction of sp³-hybridized carbons (Fsp3) is 0.333. The van der Waals surface area contributed by atoms with Gasteiger partial charge in [0.2, 0.25) is 11.8 Å². The Morgan fingerprint density at radius 2 is 1.81 bits per heavy atom. The van der Waals surface area contributed by atoms with Crippen LogP contribution in [0.15, 0.2) is 54.6 Å². The van der Waals surface area contributed by atoms with Crippen LogP contribution in [0.1, 0.15) is 32.3 Å². The standard InChI is InChI=1S/C21H28N4O2/c1-3-12-21(2,23)20(27)24-17-10-7-11-18(13-17)25(15-19(22)26)14-16-8-5-4-6-9-16/h4-11,13H,3,12,14-15,23H2,1-2H3,(H2,22,26)(H,24,27). The smallest absolute Gasteiger partial charge is 0.244 e. The van der Waals surface area contributed by atoms with Crippen molar-refractivity contribution in [3.63, 3.8) is 0 Å². The fourth-order valence-corrected chi connectivity index (χ4v) is 2.92. The van der Waals surface area contributed by atoms with Gasteiger partial charge in [-0.05, 0) is 37.1 Å². The molecule has 2 rings (SSSR count). The zero-order valence-corrected chi connectivity index (χ0v) is 15.9. The van der Waals surface area contributed by atoms with Gasteiger partial charge in [0.15, 0.2) is 0 Å². The van der Waals surface area contributed by atoms with Gasteiger partial charge in [0.05, 0.1) is 12.1 Å². The van der Waals surface area contributed by atoms with Crippen LogP contribution in [0.2, 0.25) is 0 Å². The number of nitrogens with two attached hydrogens (primary N) is 2. The number of nitrogens with one attached hydrogen (secondary N) is 1. The first-order chi connectivity index (χ1) is 12.8. The van der Waals surface area contributed by atoms with Crippen LogP contribution in [0.4, 0.5) is 11.4 Å². The van der Waals surface area contributed by atoms with Crippen LogP contribution in [0.3, 0.4) is 0 Å². The number of benzene rings is 2. The molecule has 2 amide bonds. The Bertz CT molecular complexity index is 775. The summed E-state index contributed by atoms with van der Waals surface area (Å²) >= 11 is 0. The predicted octanol–water partition coefficient (Wildman–Crippen LogP) is 2.63. The molecular weight excluding hydrogens is 340 g/mol. The molecule has 0 aliphatic rings. The van der Waals surface area contributed by atoms with Crippen molar-refractivity contribution < 1.29 is 9.59 Å². The molecule has 27 heavy (non-hydrogen) atoms. The molecule has 1 atom stereocenters. The monoisotopic (exact) mass is 368 g/mol. The third-order valence-electron chi connectivity index (χ3n) is 4.32. The molecule has 144 valence electrons. The lowest BCUT2D eigenvalue weighted by molar-refractivity contribution is -0.121. The summed E-state index contributed by atoms with van der Waals surface area (Å²) in [5.74, 6) is -0.649. The third kappa shape index (κ3) is 6.11. The second-order valence-electron chi connectivity index (χ2n) is 6.98. The molecule has 0 saturated carbocycles. The van der Waals surface area contributed by atoms with Crippen LogP contribution in [0.5, 0.6) is 0 Å². The van der Waals surface area contributed by atoms with Gasteiger partial charge < -0.3 is 21.7 Å². The quantitative estimate of drug-likeness (QED) is 0.633. The Morgan fingerprint density at radius 1 is 1.11 bits per heavy atom. The van der Waals surface area contributed by atoms with Crippen molar-refractivity contribution >= 4 is 23.2 Å². The van der Waals surface area contributed by atoms with E-state index in [0.717, 1.165) is 17.7 Å². The van der Waals surface area contributed by atoms with Crippen LogP contribution in [-0.4, -0.2) is 23.9 Å². The summed E-state index contributed by atoms with van der Waals surface area (Å²) in [7, 11) is 0. The first-order valence-electron chi connectivity index (χ1n) is 9.09. The molecule has 0 bridgehead atoms. The van der Waals surface area contributed by atoms with E-state index in [9.17, 15) is 9.59 Å². The van der Waals surface area contributed by atoms with E-state index in [-0.39, 0.29) is 12.5 Å². The summed E-state index contributed by atoms with van der Waals surface area (Å²) in [5, 5.41) is 2.87. The number of rotatable bonds is 9. The van der Waals surface area contributed by atoms with Gasteiger partial charge in [0, 0.05) is 17.9 Å². The summed E-state index contributed by atoms with van der Waals surface area (Å²) in [6.45, 7) is 4.33. The average Bonchev–Trinajstić information content (AvgIpc) is 2.62. The second-order valence-corrected chi connectivity index (χ2v) is 6.98. The summed E-state index contributed by atoms with van der Waals surface area (Å²) in [6, 6.07) is 17.2. The van der Waals surface area contributed by atoms with Crippen molar-refractivity contribution in [2.75, 3.05) is 16.8 Å². The first-order valence-corrected chi connectivity index (χ1v) is 9.09. The summed E-state index contributed by atoms with van der Waals surface area (Å²) in [4.78, 5) is 25.9. The van der Waals surface area contributed by atoms with Gasteiger partial charge in [-0.3, -0.25) is 9.59 Å². The van der Waals surface area contributed by atoms with Crippen molar-refractivity contribution in [2.45, 2.75) is 38.8 Å². The normalized spacial score (nSPS) is 12.9. The average molecular weight is 368 g/mol. The Hall–Kier alpha value is -2.86. The van der Waals surface area contributed by atoms with Gasteiger partial charge >= 0.3 is 0 Å². The number of primary amides is 1. The zero-order valence-electron chi connectivity index (χ0n) is 15.9. The lowest BCUT2D eigenvalue weighted by atomic mass is 9.96. The van der Waals surface area contributed by atoms with E-state index < -0.39 is 11.4 Å². The van der Waals surface area contributed by atoms with Crippen molar-refractivity contribution in [3.05, 3.63) is 60.2 Å². The molecule has 6 heteroatoms. The van der Waals surface area contributed by atoms with Gasteiger partial charge in [0.1, 0.15) is 0 Å². The van der Waals surface area contributed by atoms with Crippen molar-refractivity contribution in [1.29, 1.82) is 0 Å². The number of carbonyl (C=O) groups excluding carboxylic acids is 2. The Labute approximate surface area is 160 Å². The number of anilines is 2. The molecule has 1 unspecified atom stereocenters. The first kappa shape index (κ1) is 20.5. The van der Waals surface area contributed by atoms with Crippen molar-refractivity contribution in [2.24, 2.45) is 11.5 Å². The van der Waals surface area contributed by atoms with E-state index in [1.165, 1.54) is 0 Å². The van der Waals surface area contributed by atoms with E-state index in [2.05, 4.69) is 5.32 Å². The largest absolute Gasteiger partial charge is 0.368 e. The topological polar surface area (TPSA) is 101 Å². The Balaban J connectivity index is 2.21. The molecule has 5 N–H and O–H groups in total. The highest BCUT2D eigenvalue weighted by molar-refractivity contribution is 5.98. The molecule has 0 fully saturated rings. The van der Waals surface area contributed by atoms with Gasteiger partial charge in [-0.15, -0.1) is 0 Å². The van der Waals surface area contributed by atoms with Gasteiger partial charge in [-0.1, -0.05) is 49.7 Å². The Morgan fingerprint density at radius 3 is 2.44 bits per heavy atom. The minimum absolute atomic E-state index is 0.0801. The Kier molecular flexibility index (Phi) is 6.96. The van der Waals surface area contributed by atoms with Crippen molar-refractivity contribution in [1.82, 2.24) is 0 Å². The van der Waals surface area contributed by atoms with Crippen molar-refractivity contribution in [3.8, 4) is 0 Å². The van der Waals surface area contributed by atoms with Crippen LogP contribution in [0.25, 0.3) is 0 Å². The third-order valence-corrected chi connectivity index (χ3v) is 4.32. The molecule has 0 spiro atoms. The molecular formula is C21H28N4O2. The summed E-state index contributed by atoms with van der Waals surface area (Å²) in [6.07, 6.45) is 1.42. The highest BCUT2D eigenvalue weighted by Gasteiger charge is 2.27. The lowest BCUT2D eigenvalue weighted by Gasteiger charge is -2.25. The maximum absolute atomic E-state index is 12.5. The molecule has 6 nitrogen and oxygen atoms in total. The molecule has 0 aliphatic heterocycles. The van der Waals surface area contributed by atoms with E-state index in [1.807, 2.05) is 60.4 Å². The maximum Gasteiger partial charge on any atom is 0.244 e. The molecule has 0 saturated heterocycles. The van der Waals surface area contributed by atoms with Crippen LogP contribution >= 0.6 is 0 Å². The van der Waals surface area contributed by atoms with E-state index in [4.69, 9.17) is 11.5 Å². The van der Waals surface area contributed by atoms with Gasteiger partial charge in [-0.2, -0.15) is 0 Å². The fourth-order valence-electron chi connectivity index (χ4n) is 2.92. The molecule has 0 heterocycles. The predicted molar refractivity (Wildman–Crippen MR) is 109 cm³/mol.